The van der Waals surface area contributed by atoms with Gasteiger partial charge in [-0.05, 0) is 38.5 Å². The van der Waals surface area contributed by atoms with Crippen molar-refractivity contribution in [3.8, 4) is 11.8 Å². The van der Waals surface area contributed by atoms with Crippen molar-refractivity contribution in [2.75, 3.05) is 0 Å². The fourth-order valence-electron chi connectivity index (χ4n) is 2.35. The minimum Gasteiger partial charge on any atom is -0.481 e. The van der Waals surface area contributed by atoms with Gasteiger partial charge in [-0.25, -0.2) is 0 Å². The fourth-order valence-corrected chi connectivity index (χ4v) is 2.35. The largest absolute Gasteiger partial charge is 0.481 e. The van der Waals surface area contributed by atoms with Crippen LogP contribution in [0.25, 0.3) is 0 Å². The summed E-state index contributed by atoms with van der Waals surface area (Å²) in [4.78, 5) is 11.2. The summed E-state index contributed by atoms with van der Waals surface area (Å²) >= 11 is 0. The lowest BCUT2D eigenvalue weighted by Gasteiger charge is -2.22. The van der Waals surface area contributed by atoms with Crippen molar-refractivity contribution in [3.63, 3.8) is 0 Å². The van der Waals surface area contributed by atoms with Gasteiger partial charge in [0.25, 0.3) is 0 Å². The van der Waals surface area contributed by atoms with Crippen molar-refractivity contribution in [1.82, 2.24) is 0 Å². The van der Waals surface area contributed by atoms with Crippen LogP contribution in [0.4, 0.5) is 0 Å². The van der Waals surface area contributed by atoms with E-state index in [0.717, 1.165) is 25.7 Å². The second-order valence-corrected chi connectivity index (χ2v) is 4.36. The average Bonchev–Trinajstić information content (AvgIpc) is 2.49. The molecule has 0 bridgehead atoms. The van der Waals surface area contributed by atoms with E-state index in [1.807, 2.05) is 0 Å². The molecule has 14 heavy (non-hydrogen) atoms. The van der Waals surface area contributed by atoms with E-state index in [0.29, 0.717) is 12.3 Å². The molecule has 0 amide bonds. The predicted molar refractivity (Wildman–Crippen MR) is 55.8 cm³/mol. The SMILES string of the molecule is CC#CCCC1(C(=O)O)CCC(C)C1. The summed E-state index contributed by atoms with van der Waals surface area (Å²) in [7, 11) is 0. The van der Waals surface area contributed by atoms with Crippen molar-refractivity contribution >= 4 is 5.97 Å². The molecule has 0 saturated heterocycles. The Labute approximate surface area is 85.7 Å². The number of carboxylic acids is 1. The first-order chi connectivity index (χ1) is 6.60. The Balaban J connectivity index is 2.62. The number of aliphatic carboxylic acids is 1. The van der Waals surface area contributed by atoms with Gasteiger partial charge in [-0.2, -0.15) is 0 Å². The van der Waals surface area contributed by atoms with Gasteiger partial charge < -0.3 is 5.11 Å². The predicted octanol–water partition coefficient (Wildman–Crippen LogP) is 2.68. The van der Waals surface area contributed by atoms with Crippen LogP contribution in [-0.4, -0.2) is 11.1 Å². The van der Waals surface area contributed by atoms with E-state index < -0.39 is 11.4 Å². The molecule has 1 rings (SSSR count). The van der Waals surface area contributed by atoms with Crippen molar-refractivity contribution < 1.29 is 9.90 Å². The molecule has 78 valence electrons. The number of rotatable bonds is 3. The number of hydrogen-bond donors (Lipinski definition) is 1. The zero-order valence-corrected chi connectivity index (χ0v) is 8.97. The van der Waals surface area contributed by atoms with E-state index in [1.54, 1.807) is 6.92 Å². The quantitative estimate of drug-likeness (QED) is 0.701. The van der Waals surface area contributed by atoms with Gasteiger partial charge in [0.1, 0.15) is 0 Å². The summed E-state index contributed by atoms with van der Waals surface area (Å²) in [6.07, 6.45) is 4.14. The summed E-state index contributed by atoms with van der Waals surface area (Å²) in [6.45, 7) is 3.93. The van der Waals surface area contributed by atoms with Crippen molar-refractivity contribution in [1.29, 1.82) is 0 Å². The van der Waals surface area contributed by atoms with E-state index in [2.05, 4.69) is 18.8 Å². The molecular formula is C12H18O2. The number of hydrogen-bond acceptors (Lipinski definition) is 1. The average molecular weight is 194 g/mol. The minimum absolute atomic E-state index is 0.469. The van der Waals surface area contributed by atoms with Crippen LogP contribution in [0.1, 0.15) is 46.0 Å². The van der Waals surface area contributed by atoms with Gasteiger partial charge in [0, 0.05) is 6.42 Å². The Morgan fingerprint density at radius 1 is 1.64 bits per heavy atom. The van der Waals surface area contributed by atoms with E-state index in [1.165, 1.54) is 0 Å². The Bertz CT molecular complexity index is 272. The maximum atomic E-state index is 11.2. The summed E-state index contributed by atoms with van der Waals surface area (Å²) in [5.41, 5.74) is -0.469. The smallest absolute Gasteiger partial charge is 0.309 e. The molecule has 2 unspecified atom stereocenters. The molecule has 0 aromatic carbocycles. The van der Waals surface area contributed by atoms with Crippen molar-refractivity contribution in [3.05, 3.63) is 0 Å². The lowest BCUT2D eigenvalue weighted by Crippen LogP contribution is -2.27. The Morgan fingerprint density at radius 2 is 2.36 bits per heavy atom. The van der Waals surface area contributed by atoms with Crippen LogP contribution in [0.2, 0.25) is 0 Å². The molecule has 2 atom stereocenters. The molecule has 0 heterocycles. The van der Waals surface area contributed by atoms with Crippen LogP contribution in [0.3, 0.4) is 0 Å². The first-order valence-electron chi connectivity index (χ1n) is 5.24. The second kappa shape index (κ2) is 4.50. The molecule has 1 saturated carbocycles. The van der Waals surface area contributed by atoms with Gasteiger partial charge in [0.2, 0.25) is 0 Å². The van der Waals surface area contributed by atoms with Gasteiger partial charge >= 0.3 is 5.97 Å². The molecule has 1 aliphatic rings. The van der Waals surface area contributed by atoms with E-state index in [-0.39, 0.29) is 0 Å². The molecular weight excluding hydrogens is 176 g/mol. The monoisotopic (exact) mass is 194 g/mol. The fraction of sp³-hybridized carbons (Fsp3) is 0.750. The van der Waals surface area contributed by atoms with Gasteiger partial charge in [0.15, 0.2) is 0 Å². The molecule has 0 aliphatic heterocycles. The molecule has 1 fully saturated rings. The lowest BCUT2D eigenvalue weighted by atomic mass is 9.81. The van der Waals surface area contributed by atoms with Crippen LogP contribution in [0.5, 0.6) is 0 Å². The van der Waals surface area contributed by atoms with Gasteiger partial charge in [-0.15, -0.1) is 11.8 Å². The third kappa shape index (κ3) is 2.29. The van der Waals surface area contributed by atoms with Crippen molar-refractivity contribution in [2.24, 2.45) is 11.3 Å². The molecule has 1 aliphatic carbocycles. The van der Waals surface area contributed by atoms with Crippen LogP contribution < -0.4 is 0 Å². The molecule has 0 spiro atoms. The summed E-state index contributed by atoms with van der Waals surface area (Å²) < 4.78 is 0. The van der Waals surface area contributed by atoms with Gasteiger partial charge in [-0.1, -0.05) is 6.92 Å². The molecule has 0 aromatic heterocycles. The van der Waals surface area contributed by atoms with Gasteiger partial charge in [0.05, 0.1) is 5.41 Å². The highest BCUT2D eigenvalue weighted by atomic mass is 16.4. The third-order valence-electron chi connectivity index (χ3n) is 3.21. The maximum Gasteiger partial charge on any atom is 0.309 e. The van der Waals surface area contributed by atoms with Crippen LogP contribution in [0.15, 0.2) is 0 Å². The normalized spacial score (nSPS) is 30.9. The minimum atomic E-state index is -0.625. The second-order valence-electron chi connectivity index (χ2n) is 4.36. The highest BCUT2D eigenvalue weighted by Gasteiger charge is 2.43. The highest BCUT2D eigenvalue weighted by molar-refractivity contribution is 5.75. The lowest BCUT2D eigenvalue weighted by molar-refractivity contribution is -0.149. The Kier molecular flexibility index (Phi) is 3.57. The van der Waals surface area contributed by atoms with Crippen LogP contribution in [-0.2, 0) is 4.79 Å². The number of carbonyl (C=O) groups is 1. The summed E-state index contributed by atoms with van der Waals surface area (Å²) in [5.74, 6) is 5.70. The van der Waals surface area contributed by atoms with E-state index in [9.17, 15) is 9.90 Å². The molecule has 1 N–H and O–H groups in total. The summed E-state index contributed by atoms with van der Waals surface area (Å²) in [5, 5.41) is 9.23. The molecule has 0 aromatic rings. The van der Waals surface area contributed by atoms with E-state index in [4.69, 9.17) is 0 Å². The zero-order chi connectivity index (χ0) is 10.6. The third-order valence-corrected chi connectivity index (χ3v) is 3.21. The highest BCUT2D eigenvalue weighted by Crippen LogP contribution is 2.45. The molecule has 2 heteroatoms. The van der Waals surface area contributed by atoms with Gasteiger partial charge in [-0.3, -0.25) is 4.79 Å². The Morgan fingerprint density at radius 3 is 2.79 bits per heavy atom. The van der Waals surface area contributed by atoms with E-state index >= 15 is 0 Å². The zero-order valence-electron chi connectivity index (χ0n) is 8.97. The summed E-state index contributed by atoms with van der Waals surface area (Å²) in [6, 6.07) is 0. The van der Waals surface area contributed by atoms with Crippen LogP contribution in [0, 0.1) is 23.2 Å². The topological polar surface area (TPSA) is 37.3 Å². The maximum absolute atomic E-state index is 11.2. The first kappa shape index (κ1) is 11.1. The Hall–Kier alpha value is -0.970. The van der Waals surface area contributed by atoms with Crippen molar-refractivity contribution in [2.45, 2.75) is 46.0 Å². The molecule has 0 radical (unpaired) electrons. The first-order valence-corrected chi connectivity index (χ1v) is 5.24. The van der Waals surface area contributed by atoms with Crippen LogP contribution >= 0.6 is 0 Å². The molecule has 2 nitrogen and oxygen atoms in total. The number of carboxylic acid groups (broad SMARTS) is 1. The standard InChI is InChI=1S/C12H18O2/c1-3-4-5-7-12(11(13)14)8-6-10(2)9-12/h10H,5-9H2,1-2H3,(H,13,14).